The topological polar surface area (TPSA) is 63.4 Å². The number of benzene rings is 1. The zero-order valence-corrected chi connectivity index (χ0v) is 12.4. The third kappa shape index (κ3) is 3.35. The molecule has 1 aromatic rings. The van der Waals surface area contributed by atoms with E-state index in [1.807, 2.05) is 19.9 Å². The third-order valence-corrected chi connectivity index (χ3v) is 5.15. The number of nitrogens with two attached hydrogens (primary N) is 1. The van der Waals surface area contributed by atoms with Gasteiger partial charge in [0.15, 0.2) is 0 Å². The molecule has 0 saturated heterocycles. The molecule has 0 spiro atoms. The Kier molecular flexibility index (Phi) is 4.28. The van der Waals surface area contributed by atoms with E-state index in [4.69, 9.17) is 5.73 Å². The summed E-state index contributed by atoms with van der Waals surface area (Å²) in [7, 11) is -3.39. The summed E-state index contributed by atoms with van der Waals surface area (Å²) in [4.78, 5) is 0.364. The zero-order chi connectivity index (χ0) is 14.0. The lowest BCUT2D eigenvalue weighted by atomic mass is 10.2. The van der Waals surface area contributed by atoms with Crippen LogP contribution in [-0.2, 0) is 16.6 Å². The second kappa shape index (κ2) is 5.61. The second-order valence-corrected chi connectivity index (χ2v) is 7.44. The van der Waals surface area contributed by atoms with Gasteiger partial charge in [0, 0.05) is 19.1 Å². The minimum Gasteiger partial charge on any atom is -0.326 e. The van der Waals surface area contributed by atoms with Crippen LogP contribution in [0.5, 0.6) is 0 Å². The SMILES string of the molecule is CC(C)CN(C1CC1)S(=O)(=O)c1cccc(CN)c1. The molecule has 1 aliphatic carbocycles. The lowest BCUT2D eigenvalue weighted by Gasteiger charge is -2.24. The molecule has 5 heteroatoms. The lowest BCUT2D eigenvalue weighted by molar-refractivity contribution is 0.360. The standard InChI is InChI=1S/C14H22N2O2S/c1-11(2)10-16(13-6-7-13)19(17,18)14-5-3-4-12(8-14)9-15/h3-5,8,11,13H,6-7,9-10,15H2,1-2H3. The number of hydrogen-bond donors (Lipinski definition) is 1. The van der Waals surface area contributed by atoms with E-state index in [0.717, 1.165) is 18.4 Å². The van der Waals surface area contributed by atoms with E-state index in [2.05, 4.69) is 0 Å². The summed E-state index contributed by atoms with van der Waals surface area (Å²) in [6.07, 6.45) is 1.95. The number of sulfonamides is 1. The van der Waals surface area contributed by atoms with Crippen LogP contribution in [0.15, 0.2) is 29.2 Å². The van der Waals surface area contributed by atoms with Gasteiger partial charge in [0.25, 0.3) is 0 Å². The molecule has 0 bridgehead atoms. The summed E-state index contributed by atoms with van der Waals surface area (Å²) in [5.41, 5.74) is 6.43. The summed E-state index contributed by atoms with van der Waals surface area (Å²) >= 11 is 0. The predicted octanol–water partition coefficient (Wildman–Crippen LogP) is 1.95. The first-order valence-corrected chi connectivity index (χ1v) is 8.20. The smallest absolute Gasteiger partial charge is 0.243 e. The average Bonchev–Trinajstić information content (AvgIpc) is 3.20. The fourth-order valence-electron chi connectivity index (χ4n) is 2.13. The van der Waals surface area contributed by atoms with Crippen LogP contribution in [0, 0.1) is 5.92 Å². The molecule has 0 aromatic heterocycles. The third-order valence-electron chi connectivity index (χ3n) is 3.24. The van der Waals surface area contributed by atoms with E-state index in [9.17, 15) is 8.42 Å². The Balaban J connectivity index is 2.32. The molecule has 2 N–H and O–H groups in total. The average molecular weight is 282 g/mol. The molecule has 106 valence electrons. The minimum absolute atomic E-state index is 0.189. The Morgan fingerprint density at radius 3 is 2.58 bits per heavy atom. The molecule has 0 unspecified atom stereocenters. The molecule has 0 amide bonds. The monoisotopic (exact) mass is 282 g/mol. The summed E-state index contributed by atoms with van der Waals surface area (Å²) < 4.78 is 27.1. The van der Waals surface area contributed by atoms with Crippen molar-refractivity contribution in [2.45, 2.75) is 44.2 Å². The first kappa shape index (κ1) is 14.5. The number of rotatable bonds is 6. The summed E-state index contributed by atoms with van der Waals surface area (Å²) in [6.45, 7) is 5.03. The van der Waals surface area contributed by atoms with Gasteiger partial charge in [-0.1, -0.05) is 26.0 Å². The van der Waals surface area contributed by atoms with E-state index < -0.39 is 10.0 Å². The van der Waals surface area contributed by atoms with Gasteiger partial charge in [0.1, 0.15) is 0 Å². The second-order valence-electron chi connectivity index (χ2n) is 5.55. The molecule has 0 atom stereocenters. The van der Waals surface area contributed by atoms with Gasteiger partial charge in [-0.15, -0.1) is 0 Å². The fraction of sp³-hybridized carbons (Fsp3) is 0.571. The molecule has 1 fully saturated rings. The molecule has 1 aromatic carbocycles. The highest BCUT2D eigenvalue weighted by atomic mass is 32.2. The highest BCUT2D eigenvalue weighted by Gasteiger charge is 2.38. The van der Waals surface area contributed by atoms with E-state index in [1.54, 1.807) is 22.5 Å². The molecule has 0 radical (unpaired) electrons. The Morgan fingerprint density at radius 2 is 2.05 bits per heavy atom. The largest absolute Gasteiger partial charge is 0.326 e. The summed E-state index contributed by atoms with van der Waals surface area (Å²) in [6, 6.07) is 7.14. The van der Waals surface area contributed by atoms with Gasteiger partial charge in [0.2, 0.25) is 10.0 Å². The van der Waals surface area contributed by atoms with Crippen molar-refractivity contribution in [3.63, 3.8) is 0 Å². The van der Waals surface area contributed by atoms with Gasteiger partial charge in [0.05, 0.1) is 4.90 Å². The predicted molar refractivity (Wildman–Crippen MR) is 76.1 cm³/mol. The van der Waals surface area contributed by atoms with Crippen molar-refractivity contribution < 1.29 is 8.42 Å². The van der Waals surface area contributed by atoms with Crippen LogP contribution in [0.2, 0.25) is 0 Å². The van der Waals surface area contributed by atoms with E-state index in [-0.39, 0.29) is 6.04 Å². The van der Waals surface area contributed by atoms with E-state index in [0.29, 0.717) is 23.9 Å². The van der Waals surface area contributed by atoms with Crippen molar-refractivity contribution in [1.82, 2.24) is 4.31 Å². The van der Waals surface area contributed by atoms with Crippen molar-refractivity contribution in [2.24, 2.45) is 11.7 Å². The summed E-state index contributed by atoms with van der Waals surface area (Å²) in [5.74, 6) is 0.327. The van der Waals surface area contributed by atoms with Crippen LogP contribution in [0.3, 0.4) is 0 Å². The molecule has 19 heavy (non-hydrogen) atoms. The normalized spacial score (nSPS) is 16.3. The molecule has 4 nitrogen and oxygen atoms in total. The van der Waals surface area contributed by atoms with Crippen LogP contribution in [0.25, 0.3) is 0 Å². The molecule has 1 saturated carbocycles. The molecular weight excluding hydrogens is 260 g/mol. The Morgan fingerprint density at radius 1 is 1.37 bits per heavy atom. The van der Waals surface area contributed by atoms with Gasteiger partial charge in [-0.3, -0.25) is 0 Å². The fourth-order valence-corrected chi connectivity index (χ4v) is 4.05. The van der Waals surface area contributed by atoms with Crippen molar-refractivity contribution in [1.29, 1.82) is 0 Å². The lowest BCUT2D eigenvalue weighted by Crippen LogP contribution is -2.36. The van der Waals surface area contributed by atoms with Gasteiger partial charge in [-0.25, -0.2) is 8.42 Å². The van der Waals surface area contributed by atoms with E-state index in [1.165, 1.54) is 0 Å². The highest BCUT2D eigenvalue weighted by Crippen LogP contribution is 2.32. The van der Waals surface area contributed by atoms with Crippen molar-refractivity contribution in [3.8, 4) is 0 Å². The van der Waals surface area contributed by atoms with Gasteiger partial charge in [-0.2, -0.15) is 4.31 Å². The summed E-state index contributed by atoms with van der Waals surface area (Å²) in [5, 5.41) is 0. The molecule has 2 rings (SSSR count). The van der Waals surface area contributed by atoms with Crippen molar-refractivity contribution in [3.05, 3.63) is 29.8 Å². The Bertz CT molecular complexity index is 536. The first-order chi connectivity index (χ1) is 8.95. The van der Waals surface area contributed by atoms with Crippen LogP contribution in [0.1, 0.15) is 32.3 Å². The quantitative estimate of drug-likeness (QED) is 0.867. The number of hydrogen-bond acceptors (Lipinski definition) is 3. The van der Waals surface area contributed by atoms with Gasteiger partial charge in [-0.05, 0) is 36.5 Å². The van der Waals surface area contributed by atoms with Crippen molar-refractivity contribution in [2.75, 3.05) is 6.54 Å². The number of nitrogens with zero attached hydrogens (tertiary/aromatic N) is 1. The van der Waals surface area contributed by atoms with Crippen LogP contribution in [0.4, 0.5) is 0 Å². The maximum atomic E-state index is 12.7. The highest BCUT2D eigenvalue weighted by molar-refractivity contribution is 7.89. The van der Waals surface area contributed by atoms with Crippen LogP contribution in [-0.4, -0.2) is 25.3 Å². The van der Waals surface area contributed by atoms with Crippen LogP contribution < -0.4 is 5.73 Å². The Hall–Kier alpha value is -0.910. The molecule has 0 heterocycles. The van der Waals surface area contributed by atoms with Gasteiger partial charge < -0.3 is 5.73 Å². The maximum absolute atomic E-state index is 12.7. The molecular formula is C14H22N2O2S. The molecule has 1 aliphatic rings. The minimum atomic E-state index is -3.39. The van der Waals surface area contributed by atoms with E-state index >= 15 is 0 Å². The van der Waals surface area contributed by atoms with Gasteiger partial charge >= 0.3 is 0 Å². The Labute approximate surface area is 115 Å². The first-order valence-electron chi connectivity index (χ1n) is 6.76. The maximum Gasteiger partial charge on any atom is 0.243 e. The zero-order valence-electron chi connectivity index (χ0n) is 11.5. The van der Waals surface area contributed by atoms with Crippen LogP contribution >= 0.6 is 0 Å². The van der Waals surface area contributed by atoms with Crippen molar-refractivity contribution >= 4 is 10.0 Å². The molecule has 0 aliphatic heterocycles.